The summed E-state index contributed by atoms with van der Waals surface area (Å²) in [7, 11) is 0. The second-order valence-electron chi connectivity index (χ2n) is 8.12. The molecule has 182 valence electrons. The zero-order valence-electron chi connectivity index (χ0n) is 20.1. The molecule has 0 saturated carbocycles. The van der Waals surface area contributed by atoms with Crippen LogP contribution in [0.3, 0.4) is 0 Å². The van der Waals surface area contributed by atoms with Gasteiger partial charge >= 0.3 is 6.18 Å². The lowest BCUT2D eigenvalue weighted by Crippen LogP contribution is -2.14. The van der Waals surface area contributed by atoms with E-state index in [0.717, 1.165) is 40.8 Å². The highest BCUT2D eigenvalue weighted by Crippen LogP contribution is 2.36. The normalized spacial score (nSPS) is 12.2. The van der Waals surface area contributed by atoms with Crippen molar-refractivity contribution in [3.8, 4) is 11.1 Å². The van der Waals surface area contributed by atoms with Crippen LogP contribution in [0.15, 0.2) is 109 Å². The number of nitrogens with zero attached hydrogens (tertiary/aromatic N) is 3. The fraction of sp³-hybridized carbons (Fsp3) is 0.133. The lowest BCUT2D eigenvalue weighted by Gasteiger charge is -2.24. The summed E-state index contributed by atoms with van der Waals surface area (Å²) >= 11 is 0. The molecule has 0 unspecified atom stereocenters. The Labute approximate surface area is 209 Å². The van der Waals surface area contributed by atoms with Crippen LogP contribution in [0.2, 0.25) is 0 Å². The Kier molecular flexibility index (Phi) is 7.64. The molecular formula is C30H26F3N3. The predicted octanol–water partition coefficient (Wildman–Crippen LogP) is 9.00. The van der Waals surface area contributed by atoms with E-state index in [1.165, 1.54) is 12.1 Å². The average Bonchev–Trinajstić information content (AvgIpc) is 2.90. The molecule has 36 heavy (non-hydrogen) atoms. The predicted molar refractivity (Wildman–Crippen MR) is 140 cm³/mol. The van der Waals surface area contributed by atoms with Gasteiger partial charge in [0.15, 0.2) is 0 Å². The van der Waals surface area contributed by atoms with Gasteiger partial charge in [-0.25, -0.2) is 9.97 Å². The molecule has 0 aliphatic rings. The topological polar surface area (TPSA) is 29.0 Å². The molecule has 0 aliphatic carbocycles. The molecular weight excluding hydrogens is 459 g/mol. The van der Waals surface area contributed by atoms with Gasteiger partial charge in [-0.05, 0) is 78.6 Å². The first-order chi connectivity index (χ1) is 17.4. The maximum atomic E-state index is 13.2. The zero-order valence-corrected chi connectivity index (χ0v) is 20.1. The quantitative estimate of drug-likeness (QED) is 0.245. The number of benzene rings is 2. The van der Waals surface area contributed by atoms with E-state index in [0.29, 0.717) is 17.3 Å². The molecule has 0 spiro atoms. The average molecular weight is 486 g/mol. The summed E-state index contributed by atoms with van der Waals surface area (Å²) < 4.78 is 39.5. The molecule has 4 aromatic rings. The number of anilines is 3. The van der Waals surface area contributed by atoms with Crippen LogP contribution < -0.4 is 4.90 Å². The minimum atomic E-state index is -4.41. The Morgan fingerprint density at radius 3 is 2.00 bits per heavy atom. The van der Waals surface area contributed by atoms with Crippen molar-refractivity contribution in [2.75, 3.05) is 4.90 Å². The molecule has 0 atom stereocenters. The molecule has 4 rings (SSSR count). The molecule has 6 heteroatoms. The van der Waals surface area contributed by atoms with E-state index in [1.807, 2.05) is 73.7 Å². The van der Waals surface area contributed by atoms with Gasteiger partial charge in [0, 0.05) is 23.6 Å². The fourth-order valence-corrected chi connectivity index (χ4v) is 3.87. The summed E-state index contributed by atoms with van der Waals surface area (Å²) in [6, 6.07) is 22.5. The molecule has 3 nitrogen and oxygen atoms in total. The van der Waals surface area contributed by atoms with Gasteiger partial charge in [-0.15, -0.1) is 0 Å². The van der Waals surface area contributed by atoms with Crippen molar-refractivity contribution in [3.63, 3.8) is 0 Å². The van der Waals surface area contributed by atoms with E-state index in [9.17, 15) is 13.2 Å². The third kappa shape index (κ3) is 5.71. The van der Waals surface area contributed by atoms with Gasteiger partial charge in [0.2, 0.25) is 0 Å². The number of halogens is 3. The third-order valence-corrected chi connectivity index (χ3v) is 5.62. The Morgan fingerprint density at radius 1 is 0.806 bits per heavy atom. The second-order valence-corrected chi connectivity index (χ2v) is 8.12. The molecule has 2 aromatic carbocycles. The first-order valence-electron chi connectivity index (χ1n) is 11.7. The molecule has 0 fully saturated rings. The molecule has 0 N–H and O–H groups in total. The standard InChI is InChI=1S/C30H26F3N3/c1-3-8-22(9-4-2)24-12-18-28(34-20-24)36(27-16-14-26(15-17-27)30(31,32)33)29-19-13-25(21-35-29)23-10-6-5-7-11-23/h3,5-21H,4H2,1-2H3/b8-3-,22-9+. The molecule has 2 aromatic heterocycles. The minimum Gasteiger partial charge on any atom is -0.279 e. The van der Waals surface area contributed by atoms with Crippen LogP contribution in [0.5, 0.6) is 0 Å². The number of rotatable bonds is 7. The molecule has 2 heterocycles. The Morgan fingerprint density at radius 2 is 1.47 bits per heavy atom. The van der Waals surface area contributed by atoms with Crippen LogP contribution in [0.4, 0.5) is 30.5 Å². The summed E-state index contributed by atoms with van der Waals surface area (Å²) in [5.74, 6) is 1.10. The SMILES string of the molecule is C/C=C\C(=C/CC)c1ccc(N(c2ccc(C(F)(F)F)cc2)c2ccc(-c3ccccc3)cn2)nc1. The van der Waals surface area contributed by atoms with Crippen molar-refractivity contribution in [1.82, 2.24) is 9.97 Å². The molecule has 0 aliphatic heterocycles. The summed E-state index contributed by atoms with van der Waals surface area (Å²) in [6.45, 7) is 4.03. The number of hydrogen-bond donors (Lipinski definition) is 0. The van der Waals surface area contributed by atoms with Crippen LogP contribution in [0.1, 0.15) is 31.4 Å². The Hall–Kier alpha value is -4.19. The Balaban J connectivity index is 1.75. The summed E-state index contributed by atoms with van der Waals surface area (Å²) in [5, 5.41) is 0. The number of aromatic nitrogens is 2. The Bertz CT molecular complexity index is 1320. The number of hydrogen-bond acceptors (Lipinski definition) is 3. The summed E-state index contributed by atoms with van der Waals surface area (Å²) in [6.07, 6.45) is 6.12. The third-order valence-electron chi connectivity index (χ3n) is 5.62. The highest BCUT2D eigenvalue weighted by molar-refractivity contribution is 5.77. The van der Waals surface area contributed by atoms with Gasteiger partial charge in [-0.3, -0.25) is 4.90 Å². The highest BCUT2D eigenvalue weighted by atomic mass is 19.4. The highest BCUT2D eigenvalue weighted by Gasteiger charge is 2.30. The van der Waals surface area contributed by atoms with Crippen LogP contribution in [0.25, 0.3) is 16.7 Å². The molecule has 0 saturated heterocycles. The van der Waals surface area contributed by atoms with Gasteiger partial charge in [-0.1, -0.05) is 55.5 Å². The van der Waals surface area contributed by atoms with E-state index < -0.39 is 11.7 Å². The number of pyridine rings is 2. The minimum absolute atomic E-state index is 0.529. The van der Waals surface area contributed by atoms with Crippen LogP contribution >= 0.6 is 0 Å². The van der Waals surface area contributed by atoms with Crippen LogP contribution in [0, 0.1) is 0 Å². The van der Waals surface area contributed by atoms with Gasteiger partial charge < -0.3 is 0 Å². The smallest absolute Gasteiger partial charge is 0.279 e. The molecule has 0 radical (unpaired) electrons. The summed E-state index contributed by atoms with van der Waals surface area (Å²) in [5.41, 5.74) is 3.81. The van der Waals surface area contributed by atoms with Crippen molar-refractivity contribution in [3.05, 3.63) is 121 Å². The van der Waals surface area contributed by atoms with E-state index in [1.54, 1.807) is 17.3 Å². The van der Waals surface area contributed by atoms with Crippen LogP contribution in [-0.2, 0) is 6.18 Å². The van der Waals surface area contributed by atoms with Gasteiger partial charge in [0.25, 0.3) is 0 Å². The van der Waals surface area contributed by atoms with Crippen molar-refractivity contribution >= 4 is 22.9 Å². The van der Waals surface area contributed by atoms with Gasteiger partial charge in [-0.2, -0.15) is 13.2 Å². The van der Waals surface area contributed by atoms with Crippen LogP contribution in [-0.4, -0.2) is 9.97 Å². The maximum absolute atomic E-state index is 13.2. The lowest BCUT2D eigenvalue weighted by atomic mass is 10.1. The first-order valence-corrected chi connectivity index (χ1v) is 11.7. The van der Waals surface area contributed by atoms with E-state index in [4.69, 9.17) is 0 Å². The summed E-state index contributed by atoms with van der Waals surface area (Å²) in [4.78, 5) is 11.0. The number of alkyl halides is 3. The lowest BCUT2D eigenvalue weighted by molar-refractivity contribution is -0.137. The fourth-order valence-electron chi connectivity index (χ4n) is 3.87. The van der Waals surface area contributed by atoms with E-state index >= 15 is 0 Å². The number of allylic oxidation sites excluding steroid dienone is 4. The van der Waals surface area contributed by atoms with Gasteiger partial charge in [0.05, 0.1) is 5.56 Å². The van der Waals surface area contributed by atoms with Crippen molar-refractivity contribution in [2.24, 2.45) is 0 Å². The zero-order chi connectivity index (χ0) is 25.5. The van der Waals surface area contributed by atoms with E-state index in [-0.39, 0.29) is 0 Å². The van der Waals surface area contributed by atoms with Crippen molar-refractivity contribution in [1.29, 1.82) is 0 Å². The largest absolute Gasteiger partial charge is 0.416 e. The van der Waals surface area contributed by atoms with E-state index in [2.05, 4.69) is 23.0 Å². The van der Waals surface area contributed by atoms with Gasteiger partial charge in [0.1, 0.15) is 11.6 Å². The molecule has 0 bridgehead atoms. The monoisotopic (exact) mass is 485 g/mol. The van der Waals surface area contributed by atoms with Crippen molar-refractivity contribution < 1.29 is 13.2 Å². The maximum Gasteiger partial charge on any atom is 0.416 e. The van der Waals surface area contributed by atoms with Crippen molar-refractivity contribution in [2.45, 2.75) is 26.4 Å². The second kappa shape index (κ2) is 11.0. The first kappa shape index (κ1) is 24.9. The molecule has 0 amide bonds.